The Balaban J connectivity index is 1.91. The number of H-pyrrole nitrogens is 1. The quantitative estimate of drug-likeness (QED) is 0.721. The van der Waals surface area contributed by atoms with Crippen molar-refractivity contribution in [3.8, 4) is 11.5 Å². The van der Waals surface area contributed by atoms with Gasteiger partial charge in [0.25, 0.3) is 5.56 Å². The molecule has 7 heteroatoms. The molecule has 3 rings (SSSR count). The standard InChI is InChI=1S/C19H16F2N2O3/c1-2-25-17-11-12(8-10-16(17)26-19(20)21)7-9-15-18(24)23-14-6-4-3-5-13(14)22-15/h3-11,19H,2H2,1H3,(H,23,24)/b9-7+. The van der Waals surface area contributed by atoms with Crippen LogP contribution in [0.5, 0.6) is 11.5 Å². The van der Waals surface area contributed by atoms with Gasteiger partial charge in [0.05, 0.1) is 17.6 Å². The highest BCUT2D eigenvalue weighted by Gasteiger charge is 2.11. The molecule has 0 atom stereocenters. The molecule has 0 saturated heterocycles. The van der Waals surface area contributed by atoms with Gasteiger partial charge in [0, 0.05) is 0 Å². The molecule has 0 aliphatic carbocycles. The van der Waals surface area contributed by atoms with E-state index in [9.17, 15) is 13.6 Å². The third-order valence-corrected chi connectivity index (χ3v) is 3.54. The number of benzene rings is 2. The number of alkyl halides is 2. The van der Waals surface area contributed by atoms with Crippen molar-refractivity contribution < 1.29 is 18.3 Å². The van der Waals surface area contributed by atoms with E-state index in [1.807, 2.05) is 12.1 Å². The van der Waals surface area contributed by atoms with E-state index in [0.29, 0.717) is 23.2 Å². The summed E-state index contributed by atoms with van der Waals surface area (Å²) in [6.45, 7) is -0.887. The van der Waals surface area contributed by atoms with E-state index in [2.05, 4.69) is 14.7 Å². The lowest BCUT2D eigenvalue weighted by molar-refractivity contribution is -0.0514. The van der Waals surface area contributed by atoms with Gasteiger partial charge < -0.3 is 14.5 Å². The zero-order valence-electron chi connectivity index (χ0n) is 13.9. The van der Waals surface area contributed by atoms with Gasteiger partial charge in [-0.15, -0.1) is 0 Å². The zero-order chi connectivity index (χ0) is 18.5. The van der Waals surface area contributed by atoms with E-state index >= 15 is 0 Å². The Kier molecular flexibility index (Phi) is 5.26. The molecule has 0 aliphatic rings. The minimum absolute atomic E-state index is 0.0410. The fraction of sp³-hybridized carbons (Fsp3) is 0.158. The van der Waals surface area contributed by atoms with E-state index in [0.717, 1.165) is 0 Å². The van der Waals surface area contributed by atoms with E-state index in [1.54, 1.807) is 43.3 Å². The molecule has 0 fully saturated rings. The predicted octanol–water partition coefficient (Wildman–Crippen LogP) is 4.09. The molecule has 134 valence electrons. The summed E-state index contributed by atoms with van der Waals surface area (Å²) in [6, 6.07) is 11.8. The molecular formula is C19H16F2N2O3. The fourth-order valence-corrected chi connectivity index (χ4v) is 2.42. The van der Waals surface area contributed by atoms with Gasteiger partial charge in [0.1, 0.15) is 5.69 Å². The largest absolute Gasteiger partial charge is 0.490 e. The van der Waals surface area contributed by atoms with Crippen LogP contribution in [-0.2, 0) is 0 Å². The molecule has 0 radical (unpaired) electrons. The summed E-state index contributed by atoms with van der Waals surface area (Å²) < 4.78 is 34.7. The molecule has 0 unspecified atom stereocenters. The average Bonchev–Trinajstić information content (AvgIpc) is 2.61. The summed E-state index contributed by atoms with van der Waals surface area (Å²) in [6.07, 6.45) is 3.21. The van der Waals surface area contributed by atoms with Crippen molar-refractivity contribution in [2.24, 2.45) is 0 Å². The maximum Gasteiger partial charge on any atom is 0.387 e. The van der Waals surface area contributed by atoms with Crippen molar-refractivity contribution in [2.45, 2.75) is 13.5 Å². The minimum Gasteiger partial charge on any atom is -0.490 e. The smallest absolute Gasteiger partial charge is 0.387 e. The van der Waals surface area contributed by atoms with Crippen LogP contribution < -0.4 is 15.0 Å². The maximum absolute atomic E-state index is 12.4. The van der Waals surface area contributed by atoms with Crippen LogP contribution in [0.2, 0.25) is 0 Å². The Bertz CT molecular complexity index is 999. The van der Waals surface area contributed by atoms with Crippen molar-refractivity contribution in [3.05, 3.63) is 64.1 Å². The number of nitrogens with zero attached hydrogens (tertiary/aromatic N) is 1. The predicted molar refractivity (Wildman–Crippen MR) is 95.5 cm³/mol. The summed E-state index contributed by atoms with van der Waals surface area (Å²) in [7, 11) is 0. The number of hydrogen-bond acceptors (Lipinski definition) is 4. The second kappa shape index (κ2) is 7.77. The van der Waals surface area contributed by atoms with Crippen molar-refractivity contribution in [3.63, 3.8) is 0 Å². The number of nitrogens with one attached hydrogen (secondary N) is 1. The van der Waals surface area contributed by atoms with Gasteiger partial charge in [-0.25, -0.2) is 4.98 Å². The monoisotopic (exact) mass is 358 g/mol. The van der Waals surface area contributed by atoms with E-state index in [4.69, 9.17) is 4.74 Å². The Morgan fingerprint density at radius 2 is 1.96 bits per heavy atom. The van der Waals surface area contributed by atoms with Crippen LogP contribution in [0.1, 0.15) is 18.2 Å². The van der Waals surface area contributed by atoms with Crippen LogP contribution in [0.4, 0.5) is 8.78 Å². The molecular weight excluding hydrogens is 342 g/mol. The topological polar surface area (TPSA) is 64.2 Å². The third-order valence-electron chi connectivity index (χ3n) is 3.54. The first-order valence-electron chi connectivity index (χ1n) is 7.95. The van der Waals surface area contributed by atoms with E-state index in [1.165, 1.54) is 6.07 Å². The van der Waals surface area contributed by atoms with Crippen LogP contribution in [0.3, 0.4) is 0 Å². The molecule has 2 aromatic carbocycles. The normalized spacial score (nSPS) is 11.4. The van der Waals surface area contributed by atoms with Gasteiger partial charge in [-0.1, -0.05) is 24.3 Å². The highest BCUT2D eigenvalue weighted by atomic mass is 19.3. The Morgan fingerprint density at radius 1 is 1.15 bits per heavy atom. The molecule has 1 aromatic heterocycles. The number of aromatic amines is 1. The van der Waals surface area contributed by atoms with Crippen LogP contribution >= 0.6 is 0 Å². The van der Waals surface area contributed by atoms with Crippen molar-refractivity contribution in [1.82, 2.24) is 9.97 Å². The average molecular weight is 358 g/mol. The molecule has 0 aliphatic heterocycles. The molecule has 0 bridgehead atoms. The fourth-order valence-electron chi connectivity index (χ4n) is 2.42. The molecule has 0 spiro atoms. The molecule has 0 saturated carbocycles. The lowest BCUT2D eigenvalue weighted by atomic mass is 10.1. The summed E-state index contributed by atoms with van der Waals surface area (Å²) in [4.78, 5) is 19.2. The van der Waals surface area contributed by atoms with Crippen molar-refractivity contribution >= 4 is 23.2 Å². The van der Waals surface area contributed by atoms with E-state index in [-0.39, 0.29) is 22.8 Å². The summed E-state index contributed by atoms with van der Waals surface area (Å²) in [5.74, 6) is 0.163. The summed E-state index contributed by atoms with van der Waals surface area (Å²) in [5.41, 5.74) is 1.91. The second-order valence-corrected chi connectivity index (χ2v) is 5.32. The number of aromatic nitrogens is 2. The number of fused-ring (bicyclic) bond motifs is 1. The SMILES string of the molecule is CCOc1cc(/C=C/c2nc3ccccc3[nH]c2=O)ccc1OC(F)F. The highest BCUT2D eigenvalue weighted by Crippen LogP contribution is 2.30. The number of rotatable bonds is 6. The molecule has 3 aromatic rings. The van der Waals surface area contributed by atoms with Crippen molar-refractivity contribution in [2.75, 3.05) is 6.61 Å². The molecule has 1 N–H and O–H groups in total. The Hall–Kier alpha value is -3.22. The van der Waals surface area contributed by atoms with Gasteiger partial charge in [-0.2, -0.15) is 8.78 Å². The Labute approximate surface area is 147 Å². The molecule has 0 amide bonds. The van der Waals surface area contributed by atoms with E-state index < -0.39 is 6.61 Å². The third kappa shape index (κ3) is 4.05. The lowest BCUT2D eigenvalue weighted by Crippen LogP contribution is -2.11. The minimum atomic E-state index is -2.93. The first-order valence-corrected chi connectivity index (χ1v) is 7.95. The summed E-state index contributed by atoms with van der Waals surface area (Å²) >= 11 is 0. The van der Waals surface area contributed by atoms with Gasteiger partial charge in [-0.05, 0) is 42.8 Å². The zero-order valence-corrected chi connectivity index (χ0v) is 13.9. The second-order valence-electron chi connectivity index (χ2n) is 5.32. The van der Waals surface area contributed by atoms with Gasteiger partial charge in [0.2, 0.25) is 0 Å². The van der Waals surface area contributed by atoms with Crippen LogP contribution in [0, 0.1) is 0 Å². The van der Waals surface area contributed by atoms with Crippen molar-refractivity contribution in [1.29, 1.82) is 0 Å². The molecule has 1 heterocycles. The van der Waals surface area contributed by atoms with Crippen LogP contribution in [0.15, 0.2) is 47.3 Å². The van der Waals surface area contributed by atoms with Gasteiger partial charge in [-0.3, -0.25) is 4.79 Å². The maximum atomic E-state index is 12.4. The highest BCUT2D eigenvalue weighted by molar-refractivity contribution is 5.76. The number of hydrogen-bond donors (Lipinski definition) is 1. The number of para-hydroxylation sites is 2. The number of ether oxygens (including phenoxy) is 2. The lowest BCUT2D eigenvalue weighted by Gasteiger charge is -2.11. The first-order chi connectivity index (χ1) is 12.6. The van der Waals surface area contributed by atoms with Gasteiger partial charge in [0.15, 0.2) is 11.5 Å². The molecule has 5 nitrogen and oxygen atoms in total. The first kappa shape index (κ1) is 17.6. The van der Waals surface area contributed by atoms with Crippen LogP contribution in [0.25, 0.3) is 23.2 Å². The summed E-state index contributed by atoms with van der Waals surface area (Å²) in [5, 5.41) is 0. The Morgan fingerprint density at radius 3 is 2.73 bits per heavy atom. The number of halogens is 2. The van der Waals surface area contributed by atoms with Crippen LogP contribution in [-0.4, -0.2) is 23.2 Å². The van der Waals surface area contributed by atoms with Gasteiger partial charge >= 0.3 is 6.61 Å². The molecule has 26 heavy (non-hydrogen) atoms.